The summed E-state index contributed by atoms with van der Waals surface area (Å²) in [6.45, 7) is 1.90. The van der Waals surface area contributed by atoms with Crippen LogP contribution in [0.3, 0.4) is 0 Å². The van der Waals surface area contributed by atoms with Crippen molar-refractivity contribution in [3.8, 4) is 5.75 Å². The molecule has 1 saturated carbocycles. The van der Waals surface area contributed by atoms with Gasteiger partial charge in [0.15, 0.2) is 0 Å². The first kappa shape index (κ1) is 10.9. The molecule has 0 heterocycles. The quantitative estimate of drug-likeness (QED) is 0.604. The highest BCUT2D eigenvalue weighted by molar-refractivity contribution is 5.44. The molecule has 0 bridgehead atoms. The topological polar surface area (TPSA) is 75.4 Å². The second kappa shape index (κ2) is 4.09. The van der Waals surface area contributed by atoms with Crippen molar-refractivity contribution in [2.45, 2.75) is 31.8 Å². The number of phenols is 1. The molecule has 0 spiro atoms. The highest BCUT2D eigenvalue weighted by atomic mass is 16.6. The van der Waals surface area contributed by atoms with Gasteiger partial charge in [0.2, 0.25) is 0 Å². The first-order valence-corrected chi connectivity index (χ1v) is 5.31. The van der Waals surface area contributed by atoms with E-state index in [0.717, 1.165) is 12.8 Å². The first-order chi connectivity index (χ1) is 7.58. The van der Waals surface area contributed by atoms with Gasteiger partial charge in [-0.05, 0) is 25.8 Å². The Morgan fingerprint density at radius 2 is 2.25 bits per heavy atom. The Bertz CT molecular complexity index is 416. The number of nitrogens with one attached hydrogen (secondary N) is 1. The molecule has 2 N–H and O–H groups in total. The standard InChI is InChI=1S/C11H14N2O3/c1-7(12-8-2-3-8)10-6-9(13(15)16)4-5-11(10)14/h4-8,12,14H,2-3H2,1H3. The molecule has 1 aromatic carbocycles. The summed E-state index contributed by atoms with van der Waals surface area (Å²) in [5, 5.41) is 23.6. The van der Waals surface area contributed by atoms with Crippen molar-refractivity contribution >= 4 is 5.69 Å². The smallest absolute Gasteiger partial charge is 0.270 e. The third-order valence-electron chi connectivity index (χ3n) is 2.75. The number of nitro groups is 1. The number of hydrogen-bond donors (Lipinski definition) is 2. The van der Waals surface area contributed by atoms with Gasteiger partial charge < -0.3 is 10.4 Å². The van der Waals surface area contributed by atoms with Gasteiger partial charge in [-0.15, -0.1) is 0 Å². The molecule has 0 aromatic heterocycles. The Morgan fingerprint density at radius 1 is 1.56 bits per heavy atom. The molecule has 0 aliphatic heterocycles. The Hall–Kier alpha value is -1.62. The number of benzene rings is 1. The summed E-state index contributed by atoms with van der Waals surface area (Å²) in [6, 6.07) is 4.54. The van der Waals surface area contributed by atoms with Gasteiger partial charge >= 0.3 is 0 Å². The predicted octanol–water partition coefficient (Wildman–Crippen LogP) is 2.11. The zero-order valence-corrected chi connectivity index (χ0v) is 9.01. The van der Waals surface area contributed by atoms with Gasteiger partial charge in [-0.2, -0.15) is 0 Å². The van der Waals surface area contributed by atoms with Crippen molar-refractivity contribution in [2.24, 2.45) is 0 Å². The molecule has 0 radical (unpaired) electrons. The van der Waals surface area contributed by atoms with Crippen LogP contribution in [0.25, 0.3) is 0 Å². The van der Waals surface area contributed by atoms with E-state index in [1.54, 1.807) is 0 Å². The normalized spacial score (nSPS) is 17.1. The van der Waals surface area contributed by atoms with E-state index in [1.807, 2.05) is 6.92 Å². The molecule has 1 aromatic rings. The van der Waals surface area contributed by atoms with Gasteiger partial charge in [-0.1, -0.05) is 0 Å². The maximum Gasteiger partial charge on any atom is 0.270 e. The Morgan fingerprint density at radius 3 is 2.81 bits per heavy atom. The van der Waals surface area contributed by atoms with Crippen LogP contribution in [0, 0.1) is 10.1 Å². The summed E-state index contributed by atoms with van der Waals surface area (Å²) in [4.78, 5) is 10.2. The van der Waals surface area contributed by atoms with Crippen LogP contribution in [0.4, 0.5) is 5.69 Å². The molecule has 16 heavy (non-hydrogen) atoms. The van der Waals surface area contributed by atoms with Crippen molar-refractivity contribution in [3.05, 3.63) is 33.9 Å². The minimum Gasteiger partial charge on any atom is -0.508 e. The first-order valence-electron chi connectivity index (χ1n) is 5.31. The summed E-state index contributed by atoms with van der Waals surface area (Å²) in [5.41, 5.74) is 0.596. The number of nitrogens with zero attached hydrogens (tertiary/aromatic N) is 1. The number of rotatable bonds is 4. The Balaban J connectivity index is 2.22. The molecule has 2 rings (SSSR count). The van der Waals surface area contributed by atoms with E-state index in [-0.39, 0.29) is 17.5 Å². The van der Waals surface area contributed by atoms with Crippen molar-refractivity contribution in [1.82, 2.24) is 5.32 Å². The number of nitro benzene ring substituents is 1. The molecular weight excluding hydrogens is 208 g/mol. The highest BCUT2D eigenvalue weighted by Crippen LogP contribution is 2.31. The summed E-state index contributed by atoms with van der Waals surface area (Å²) < 4.78 is 0. The van der Waals surface area contributed by atoms with Crippen LogP contribution in [-0.2, 0) is 0 Å². The van der Waals surface area contributed by atoms with E-state index in [0.29, 0.717) is 11.6 Å². The molecule has 5 heteroatoms. The monoisotopic (exact) mass is 222 g/mol. The van der Waals surface area contributed by atoms with Crippen LogP contribution in [0.15, 0.2) is 18.2 Å². The number of phenolic OH excluding ortho intramolecular Hbond substituents is 1. The fourth-order valence-electron chi connectivity index (χ4n) is 1.70. The Labute approximate surface area is 93.2 Å². The van der Waals surface area contributed by atoms with Crippen LogP contribution in [-0.4, -0.2) is 16.1 Å². The number of aromatic hydroxyl groups is 1. The summed E-state index contributed by atoms with van der Waals surface area (Å²) in [7, 11) is 0. The minimum absolute atomic E-state index is 0.0113. The van der Waals surface area contributed by atoms with E-state index in [1.165, 1.54) is 18.2 Å². The van der Waals surface area contributed by atoms with Crippen molar-refractivity contribution in [2.75, 3.05) is 0 Å². The zero-order chi connectivity index (χ0) is 11.7. The maximum absolute atomic E-state index is 10.6. The van der Waals surface area contributed by atoms with Gasteiger partial charge in [-0.25, -0.2) is 0 Å². The molecule has 1 atom stereocenters. The molecule has 86 valence electrons. The summed E-state index contributed by atoms with van der Waals surface area (Å²) in [5.74, 6) is 0.103. The third-order valence-corrected chi connectivity index (χ3v) is 2.75. The average Bonchev–Trinajstić information content (AvgIpc) is 3.01. The van der Waals surface area contributed by atoms with E-state index in [9.17, 15) is 15.2 Å². The fourth-order valence-corrected chi connectivity index (χ4v) is 1.70. The van der Waals surface area contributed by atoms with Gasteiger partial charge in [-0.3, -0.25) is 10.1 Å². The summed E-state index contributed by atoms with van der Waals surface area (Å²) in [6.07, 6.45) is 2.28. The third kappa shape index (κ3) is 2.30. The van der Waals surface area contributed by atoms with Crippen molar-refractivity contribution < 1.29 is 10.0 Å². The zero-order valence-electron chi connectivity index (χ0n) is 9.01. The lowest BCUT2D eigenvalue weighted by atomic mass is 10.1. The van der Waals surface area contributed by atoms with Crippen LogP contribution in [0.2, 0.25) is 0 Å². The molecule has 1 aliphatic carbocycles. The maximum atomic E-state index is 10.6. The lowest BCUT2D eigenvalue weighted by molar-refractivity contribution is -0.385. The number of non-ortho nitro benzene ring substituents is 1. The largest absolute Gasteiger partial charge is 0.508 e. The van der Waals surface area contributed by atoms with Gasteiger partial charge in [0.25, 0.3) is 5.69 Å². The van der Waals surface area contributed by atoms with Crippen molar-refractivity contribution in [3.63, 3.8) is 0 Å². The van der Waals surface area contributed by atoms with Crippen molar-refractivity contribution in [1.29, 1.82) is 0 Å². The van der Waals surface area contributed by atoms with E-state index >= 15 is 0 Å². The molecule has 0 saturated heterocycles. The molecule has 5 nitrogen and oxygen atoms in total. The second-order valence-electron chi connectivity index (χ2n) is 4.16. The molecule has 1 fully saturated rings. The lowest BCUT2D eigenvalue weighted by Gasteiger charge is -2.14. The minimum atomic E-state index is -0.452. The molecule has 0 amide bonds. The summed E-state index contributed by atoms with van der Waals surface area (Å²) >= 11 is 0. The van der Waals surface area contributed by atoms with Crippen LogP contribution in [0.1, 0.15) is 31.4 Å². The van der Waals surface area contributed by atoms with Crippen LogP contribution < -0.4 is 5.32 Å². The van der Waals surface area contributed by atoms with Gasteiger partial charge in [0.05, 0.1) is 4.92 Å². The second-order valence-corrected chi connectivity index (χ2v) is 4.16. The highest BCUT2D eigenvalue weighted by Gasteiger charge is 2.25. The van der Waals surface area contributed by atoms with E-state index < -0.39 is 4.92 Å². The van der Waals surface area contributed by atoms with Crippen LogP contribution in [0.5, 0.6) is 5.75 Å². The SMILES string of the molecule is CC(NC1CC1)c1cc([N+](=O)[O-])ccc1O. The lowest BCUT2D eigenvalue weighted by Crippen LogP contribution is -2.20. The molecule has 1 aliphatic rings. The average molecular weight is 222 g/mol. The van der Waals surface area contributed by atoms with Gasteiger partial charge in [0.1, 0.15) is 5.75 Å². The van der Waals surface area contributed by atoms with E-state index in [4.69, 9.17) is 0 Å². The molecular formula is C11H14N2O3. The number of hydrogen-bond acceptors (Lipinski definition) is 4. The molecule has 1 unspecified atom stereocenters. The van der Waals surface area contributed by atoms with Crippen LogP contribution >= 0.6 is 0 Å². The van der Waals surface area contributed by atoms with Gasteiger partial charge in [0, 0.05) is 29.8 Å². The van der Waals surface area contributed by atoms with E-state index in [2.05, 4.69) is 5.32 Å². The predicted molar refractivity (Wildman–Crippen MR) is 59.3 cm³/mol. The fraction of sp³-hybridized carbons (Fsp3) is 0.455. The Kier molecular flexibility index (Phi) is 2.78.